The zero-order valence-electron chi connectivity index (χ0n) is 59.3. The largest absolute Gasteiger partial charge is 0.466 e. The number of amides is 1. The minimum Gasteiger partial charge on any atom is -0.466 e. The molecule has 0 bridgehead atoms. The molecule has 7 unspecified atom stereocenters. The maximum absolute atomic E-state index is 13.1. The summed E-state index contributed by atoms with van der Waals surface area (Å²) in [5, 5.41) is 54.5. The van der Waals surface area contributed by atoms with Crippen LogP contribution in [-0.4, -0.2) is 100 Å². The van der Waals surface area contributed by atoms with Crippen LogP contribution in [0.2, 0.25) is 0 Å². The Bertz CT molecular complexity index is 1700. The van der Waals surface area contributed by atoms with E-state index in [0.717, 1.165) is 64.2 Å². The molecule has 0 aromatic rings. The summed E-state index contributed by atoms with van der Waals surface area (Å²) in [4.78, 5) is 25.1. The van der Waals surface area contributed by atoms with Crippen molar-refractivity contribution in [2.45, 2.75) is 416 Å². The molecule has 1 heterocycles. The Hall–Kier alpha value is -2.64. The van der Waals surface area contributed by atoms with E-state index in [1.807, 2.05) is 6.08 Å². The number of carbonyl (C=O) groups is 2. The molecular formula is C80H147NO10. The molecule has 91 heavy (non-hydrogen) atoms. The van der Waals surface area contributed by atoms with Crippen molar-refractivity contribution in [3.05, 3.63) is 60.8 Å². The molecule has 11 nitrogen and oxygen atoms in total. The Labute approximate surface area is 560 Å². The van der Waals surface area contributed by atoms with Crippen LogP contribution < -0.4 is 5.32 Å². The zero-order valence-corrected chi connectivity index (χ0v) is 59.3. The summed E-state index contributed by atoms with van der Waals surface area (Å²) in [7, 11) is 0. The van der Waals surface area contributed by atoms with Gasteiger partial charge < -0.3 is 45.1 Å². The second kappa shape index (κ2) is 68.7. The third-order valence-electron chi connectivity index (χ3n) is 18.3. The van der Waals surface area contributed by atoms with Crippen LogP contribution in [0.25, 0.3) is 0 Å². The lowest BCUT2D eigenvalue weighted by Gasteiger charge is -2.40. The third-order valence-corrected chi connectivity index (χ3v) is 18.3. The lowest BCUT2D eigenvalue weighted by atomic mass is 9.99. The first-order valence-electron chi connectivity index (χ1n) is 39.1. The van der Waals surface area contributed by atoms with Gasteiger partial charge in [-0.25, -0.2) is 0 Å². The predicted molar refractivity (Wildman–Crippen MR) is 384 cm³/mol. The standard InChI is InChI=1S/C80H147NO10/c1-3-5-7-9-11-13-15-46-50-54-58-62-66-73(83)72(71-90-80-79(88)78(87)77(86)74(70-82)91-80)81-75(84)67-63-59-55-51-47-44-42-40-38-36-34-32-30-28-26-24-22-20-18-17-19-21-23-25-27-29-31-33-35-37-39-41-43-45-49-53-57-61-65-69-89-76(85)68-64-60-56-52-48-16-14-12-10-8-6-4-2/h12,14,17-18,21,23,46,50,62,66,72-74,77-80,82-83,86-88H,3-11,13,15-16,19-20,22,24-45,47-49,51-61,63-65,67-71H2,1-2H3,(H,81,84)/b14-12-,18-17-,23-21-,50-46+,66-62+. The molecule has 1 amide bonds. The first kappa shape index (κ1) is 86.4. The number of hydrogen-bond acceptors (Lipinski definition) is 10. The summed E-state index contributed by atoms with van der Waals surface area (Å²) < 4.78 is 16.7. The molecule has 0 radical (unpaired) electrons. The Kier molecular flexibility index (Phi) is 65.2. The number of ether oxygens (including phenoxy) is 3. The normalized spacial score (nSPS) is 17.9. The number of rotatable bonds is 69. The summed E-state index contributed by atoms with van der Waals surface area (Å²) in [5.74, 6) is -0.184. The Morgan fingerprint density at radius 2 is 0.747 bits per heavy atom. The van der Waals surface area contributed by atoms with E-state index in [0.29, 0.717) is 19.4 Å². The summed E-state index contributed by atoms with van der Waals surface area (Å²) >= 11 is 0. The summed E-state index contributed by atoms with van der Waals surface area (Å²) in [6.07, 6.45) is 82.6. The van der Waals surface area contributed by atoms with Crippen molar-refractivity contribution in [2.75, 3.05) is 19.8 Å². The molecule has 7 atom stereocenters. The summed E-state index contributed by atoms with van der Waals surface area (Å²) in [5.41, 5.74) is 0. The molecule has 0 saturated carbocycles. The number of aliphatic hydroxyl groups is 5. The van der Waals surface area contributed by atoms with E-state index < -0.39 is 49.5 Å². The van der Waals surface area contributed by atoms with Gasteiger partial charge >= 0.3 is 5.97 Å². The summed E-state index contributed by atoms with van der Waals surface area (Å²) in [6, 6.07) is -0.826. The van der Waals surface area contributed by atoms with E-state index >= 15 is 0 Å². The minimum absolute atomic E-state index is 0.00430. The van der Waals surface area contributed by atoms with Gasteiger partial charge in [0.25, 0.3) is 0 Å². The highest BCUT2D eigenvalue weighted by Crippen LogP contribution is 2.23. The van der Waals surface area contributed by atoms with E-state index in [1.165, 1.54) is 283 Å². The number of allylic oxidation sites excluding steroid dienone is 9. The molecule has 1 aliphatic rings. The summed E-state index contributed by atoms with van der Waals surface area (Å²) in [6.45, 7) is 4.32. The van der Waals surface area contributed by atoms with Gasteiger partial charge in [-0.05, 0) is 103 Å². The van der Waals surface area contributed by atoms with Crippen LogP contribution in [0.1, 0.15) is 373 Å². The number of carbonyl (C=O) groups excluding carboxylic acids is 2. The molecule has 6 N–H and O–H groups in total. The van der Waals surface area contributed by atoms with Crippen molar-refractivity contribution < 1.29 is 49.3 Å². The lowest BCUT2D eigenvalue weighted by molar-refractivity contribution is -0.302. The fraction of sp³-hybridized carbons (Fsp3) is 0.850. The molecule has 1 fully saturated rings. The molecule has 0 aromatic carbocycles. The van der Waals surface area contributed by atoms with Gasteiger partial charge in [-0.15, -0.1) is 0 Å². The fourth-order valence-corrected chi connectivity index (χ4v) is 12.2. The molecule has 1 rings (SSSR count). The van der Waals surface area contributed by atoms with E-state index in [1.54, 1.807) is 6.08 Å². The van der Waals surface area contributed by atoms with Crippen molar-refractivity contribution in [1.29, 1.82) is 0 Å². The van der Waals surface area contributed by atoms with E-state index in [4.69, 9.17) is 14.2 Å². The number of esters is 1. The van der Waals surface area contributed by atoms with Gasteiger partial charge in [0.15, 0.2) is 6.29 Å². The number of hydrogen-bond donors (Lipinski definition) is 6. The van der Waals surface area contributed by atoms with Crippen LogP contribution in [-0.2, 0) is 23.8 Å². The smallest absolute Gasteiger partial charge is 0.305 e. The monoisotopic (exact) mass is 1280 g/mol. The average molecular weight is 1280 g/mol. The molecule has 0 spiro atoms. The Morgan fingerprint density at radius 1 is 0.407 bits per heavy atom. The van der Waals surface area contributed by atoms with Crippen molar-refractivity contribution in [2.24, 2.45) is 0 Å². The first-order chi connectivity index (χ1) is 44.7. The van der Waals surface area contributed by atoms with Gasteiger partial charge in [0.05, 0.1) is 32.0 Å². The van der Waals surface area contributed by atoms with Gasteiger partial charge in [0.2, 0.25) is 5.91 Å². The van der Waals surface area contributed by atoms with Crippen molar-refractivity contribution in [1.82, 2.24) is 5.32 Å². The van der Waals surface area contributed by atoms with E-state index in [2.05, 4.69) is 67.8 Å². The Balaban J connectivity index is 1.91. The van der Waals surface area contributed by atoms with Crippen molar-refractivity contribution in [3.8, 4) is 0 Å². The maximum atomic E-state index is 13.1. The maximum Gasteiger partial charge on any atom is 0.305 e. The third kappa shape index (κ3) is 57.3. The molecule has 0 aromatic heterocycles. The fourth-order valence-electron chi connectivity index (χ4n) is 12.2. The van der Waals surface area contributed by atoms with Crippen molar-refractivity contribution >= 4 is 11.9 Å². The van der Waals surface area contributed by atoms with Crippen LogP contribution in [0.5, 0.6) is 0 Å². The number of unbranched alkanes of at least 4 members (excludes halogenated alkanes) is 47. The average Bonchev–Trinajstić information content (AvgIpc) is 1.35. The SMILES string of the molecule is CCCCC/C=C\CCCCCCCC(=O)OCCCCCCCCCCCCCCCCC/C=C\C/C=C\CCCCCCCCCCCCCCCCCCCC(=O)NC(COC1OC(CO)C(O)C(O)C1O)C(O)/C=C/CC/C=C/CCCCCCCC. The van der Waals surface area contributed by atoms with Crippen LogP contribution in [0, 0.1) is 0 Å². The molecule has 11 heteroatoms. The van der Waals surface area contributed by atoms with Gasteiger partial charge in [0, 0.05) is 12.8 Å². The first-order valence-corrected chi connectivity index (χ1v) is 39.1. The van der Waals surface area contributed by atoms with Crippen molar-refractivity contribution in [3.63, 3.8) is 0 Å². The van der Waals surface area contributed by atoms with Crippen LogP contribution in [0.4, 0.5) is 0 Å². The zero-order chi connectivity index (χ0) is 65.8. The quantitative estimate of drug-likeness (QED) is 0.0195. The van der Waals surface area contributed by atoms with E-state index in [-0.39, 0.29) is 18.5 Å². The number of nitrogens with one attached hydrogen (secondary N) is 1. The highest BCUT2D eigenvalue weighted by Gasteiger charge is 2.44. The lowest BCUT2D eigenvalue weighted by Crippen LogP contribution is -2.60. The molecule has 532 valence electrons. The highest BCUT2D eigenvalue weighted by molar-refractivity contribution is 5.76. The second-order valence-corrected chi connectivity index (χ2v) is 27.0. The van der Waals surface area contributed by atoms with Gasteiger partial charge in [-0.3, -0.25) is 9.59 Å². The van der Waals surface area contributed by atoms with E-state index in [9.17, 15) is 35.1 Å². The predicted octanol–water partition coefficient (Wildman–Crippen LogP) is 20.9. The Morgan fingerprint density at radius 3 is 1.18 bits per heavy atom. The van der Waals surface area contributed by atoms with Crippen LogP contribution in [0.15, 0.2) is 60.8 Å². The minimum atomic E-state index is -1.58. The van der Waals surface area contributed by atoms with Gasteiger partial charge in [0.1, 0.15) is 24.4 Å². The van der Waals surface area contributed by atoms with Crippen LogP contribution in [0.3, 0.4) is 0 Å². The van der Waals surface area contributed by atoms with Crippen LogP contribution >= 0.6 is 0 Å². The van der Waals surface area contributed by atoms with Gasteiger partial charge in [-0.1, -0.05) is 319 Å². The molecule has 1 aliphatic heterocycles. The highest BCUT2D eigenvalue weighted by atomic mass is 16.7. The van der Waals surface area contributed by atoms with Gasteiger partial charge in [-0.2, -0.15) is 0 Å². The molecule has 0 aliphatic carbocycles. The molecular weight excluding hydrogens is 1130 g/mol. The second-order valence-electron chi connectivity index (χ2n) is 27.0. The topological polar surface area (TPSA) is 175 Å². The molecule has 1 saturated heterocycles. The number of aliphatic hydroxyl groups excluding tert-OH is 5.